The second kappa shape index (κ2) is 19.6. The van der Waals surface area contributed by atoms with E-state index in [0.29, 0.717) is 63.7 Å². The molecule has 6 N–H and O–H groups in total. The van der Waals surface area contributed by atoms with Crippen LogP contribution in [-0.2, 0) is 20.9 Å². The lowest BCUT2D eigenvalue weighted by molar-refractivity contribution is -0.254. The Balaban J connectivity index is 0.000000218. The first-order chi connectivity index (χ1) is 27.1. The van der Waals surface area contributed by atoms with E-state index in [4.69, 9.17) is 14.6 Å². The maximum absolute atomic E-state index is 12.8. The average Bonchev–Trinajstić information content (AvgIpc) is 4.00. The Kier molecular flexibility index (Phi) is 14.7. The number of carbonyl (C=O) groups excluding carboxylic acids is 2. The molecule has 1 unspecified atom stereocenters. The number of likely N-dealkylation sites (tertiary alicyclic amines) is 1. The number of rotatable bonds is 12. The van der Waals surface area contributed by atoms with E-state index in [9.17, 15) is 19.8 Å². The van der Waals surface area contributed by atoms with E-state index >= 15 is 0 Å². The average molecular weight is 772 g/mol. The summed E-state index contributed by atoms with van der Waals surface area (Å²) in [6.07, 6.45) is 7.28. The van der Waals surface area contributed by atoms with Gasteiger partial charge in [-0.05, 0) is 61.6 Å². The third-order valence-corrected chi connectivity index (χ3v) is 9.47. The molecule has 0 spiro atoms. The van der Waals surface area contributed by atoms with Gasteiger partial charge in [0.1, 0.15) is 6.33 Å². The van der Waals surface area contributed by atoms with Crippen molar-refractivity contribution in [3.8, 4) is 17.3 Å². The Morgan fingerprint density at radius 1 is 1.07 bits per heavy atom. The second-order valence-corrected chi connectivity index (χ2v) is 13.5. The number of anilines is 2. The largest absolute Gasteiger partial charge is 0.475 e. The van der Waals surface area contributed by atoms with E-state index in [-0.39, 0.29) is 24.9 Å². The number of nitrogens with zero attached hydrogens (tertiary/aromatic N) is 6. The topological polar surface area (TPSA) is 199 Å². The van der Waals surface area contributed by atoms with E-state index in [2.05, 4.69) is 31.2 Å². The van der Waals surface area contributed by atoms with Gasteiger partial charge in [0.05, 0.1) is 37.1 Å². The van der Waals surface area contributed by atoms with Crippen LogP contribution in [0.5, 0.6) is 5.88 Å². The molecule has 2 amide bonds. The van der Waals surface area contributed by atoms with Gasteiger partial charge in [-0.15, -0.1) is 0 Å². The highest BCUT2D eigenvalue weighted by Crippen LogP contribution is 2.35. The Labute approximate surface area is 327 Å². The fourth-order valence-corrected chi connectivity index (χ4v) is 6.57. The molecule has 5 heterocycles. The summed E-state index contributed by atoms with van der Waals surface area (Å²) in [4.78, 5) is 34.8. The number of hydrogen-bond donors (Lipinski definition) is 6. The number of aromatic nitrogens is 4. The number of nitrogens with one attached hydrogen (secondary N) is 3. The van der Waals surface area contributed by atoms with Gasteiger partial charge in [-0.1, -0.05) is 50.3 Å². The van der Waals surface area contributed by atoms with Crippen LogP contribution in [0.25, 0.3) is 17.0 Å². The minimum Gasteiger partial charge on any atom is -0.475 e. The maximum atomic E-state index is 12.8. The van der Waals surface area contributed by atoms with E-state index in [0.717, 1.165) is 39.2 Å². The predicted molar refractivity (Wildman–Crippen MR) is 212 cm³/mol. The van der Waals surface area contributed by atoms with Crippen LogP contribution in [0.3, 0.4) is 0 Å². The van der Waals surface area contributed by atoms with Crippen molar-refractivity contribution in [1.29, 1.82) is 0 Å². The smallest absolute Gasteiger partial charge is 0.309 e. The van der Waals surface area contributed by atoms with Crippen LogP contribution < -0.4 is 20.9 Å². The first-order valence-electron chi connectivity index (χ1n) is 18.9. The second-order valence-electron chi connectivity index (χ2n) is 13.5. The molecule has 300 valence electrons. The predicted octanol–water partition coefficient (Wildman–Crippen LogP) is 3.40. The molecule has 3 aliphatic rings. The maximum Gasteiger partial charge on any atom is 0.309 e. The number of aliphatic hydroxyl groups excluding tert-OH is 1. The summed E-state index contributed by atoms with van der Waals surface area (Å²) in [5.74, 6) is -2.02. The molecule has 2 aromatic carbocycles. The van der Waals surface area contributed by atoms with Crippen molar-refractivity contribution in [2.75, 3.05) is 50.6 Å². The van der Waals surface area contributed by atoms with Crippen LogP contribution in [0.15, 0.2) is 73.2 Å². The van der Waals surface area contributed by atoms with Crippen molar-refractivity contribution >= 4 is 29.3 Å². The molecule has 2 atom stereocenters. The van der Waals surface area contributed by atoms with Gasteiger partial charge >= 0.3 is 5.91 Å². The first-order valence-corrected chi connectivity index (χ1v) is 18.9. The van der Waals surface area contributed by atoms with Crippen molar-refractivity contribution < 1.29 is 34.4 Å². The molecular formula is C40H53N9O7. The highest BCUT2D eigenvalue weighted by atomic mass is 16.5. The fourth-order valence-electron chi connectivity index (χ4n) is 6.57. The molecule has 0 saturated carbocycles. The molecule has 4 aromatic rings. The van der Waals surface area contributed by atoms with E-state index in [1.54, 1.807) is 24.3 Å². The lowest BCUT2D eigenvalue weighted by Gasteiger charge is -2.36. The van der Waals surface area contributed by atoms with Gasteiger partial charge in [-0.2, -0.15) is 5.10 Å². The summed E-state index contributed by atoms with van der Waals surface area (Å²) < 4.78 is 12.4. The number of fused-ring (bicyclic) bond motifs is 1. The van der Waals surface area contributed by atoms with Gasteiger partial charge in [-0.3, -0.25) is 14.3 Å². The third kappa shape index (κ3) is 10.1. The highest BCUT2D eigenvalue weighted by Gasteiger charge is 2.46. The number of hydrogen-bond acceptors (Lipinski definition) is 13. The molecule has 7 rings (SSSR count). The van der Waals surface area contributed by atoms with Crippen LogP contribution in [0.2, 0.25) is 0 Å². The van der Waals surface area contributed by atoms with Crippen LogP contribution in [0.4, 0.5) is 11.4 Å². The number of methoxy groups -OCH3 is 1. The zero-order chi connectivity index (χ0) is 40.2. The summed E-state index contributed by atoms with van der Waals surface area (Å²) >= 11 is 0. The van der Waals surface area contributed by atoms with Crippen LogP contribution in [0.1, 0.15) is 63.3 Å². The Morgan fingerprint density at radius 3 is 2.46 bits per heavy atom. The van der Waals surface area contributed by atoms with Gasteiger partial charge < -0.3 is 40.4 Å². The fraction of sp³-hybridized carbons (Fsp3) is 0.425. The van der Waals surface area contributed by atoms with Crippen molar-refractivity contribution in [3.63, 3.8) is 0 Å². The number of aliphatic hydroxyl groups is 3. The van der Waals surface area contributed by atoms with Gasteiger partial charge in [-0.25, -0.2) is 20.3 Å². The summed E-state index contributed by atoms with van der Waals surface area (Å²) in [5.41, 5.74) is 13.2. The number of pyridine rings is 1. The monoisotopic (exact) mass is 771 g/mol. The van der Waals surface area contributed by atoms with Crippen LogP contribution >= 0.6 is 0 Å². The zero-order valence-corrected chi connectivity index (χ0v) is 32.6. The molecule has 56 heavy (non-hydrogen) atoms. The normalized spacial score (nSPS) is 17.8. The molecule has 1 fully saturated rings. The number of amides is 2. The zero-order valence-electron chi connectivity index (χ0n) is 32.6. The quantitative estimate of drug-likeness (QED) is 0.0906. The van der Waals surface area contributed by atoms with Crippen LogP contribution in [-0.4, -0.2) is 115 Å². The number of hydrazine groups is 1. The number of ether oxygens (including phenoxy) is 2. The minimum absolute atomic E-state index is 0.00873. The van der Waals surface area contributed by atoms with Crippen molar-refractivity contribution in [2.45, 2.75) is 71.2 Å². The van der Waals surface area contributed by atoms with E-state index in [1.807, 2.05) is 88.4 Å². The summed E-state index contributed by atoms with van der Waals surface area (Å²) in [7, 11) is 1.58. The summed E-state index contributed by atoms with van der Waals surface area (Å²) in [6.45, 7) is 9.77. The van der Waals surface area contributed by atoms with Gasteiger partial charge in [0.25, 0.3) is 5.91 Å². The molecular weight excluding hydrogens is 718 g/mol. The summed E-state index contributed by atoms with van der Waals surface area (Å²) in [5, 5.41) is 37.0. The van der Waals surface area contributed by atoms with Crippen molar-refractivity contribution in [1.82, 2.24) is 35.0 Å². The SMILES string of the molecule is CC.CC(C)Oc1ccc(C2NNc3ccc(NC=O)cc32)cn1.CO[C@H]1CCN(C(O)(O)C(=O)N2CC=C(c3ccc(-c4ncn(CCO)n4)cc3)CC2)C1. The minimum atomic E-state index is -2.52. The first kappa shape index (κ1) is 41.9. The Bertz CT molecular complexity index is 1920. The Morgan fingerprint density at radius 2 is 1.84 bits per heavy atom. The van der Waals surface area contributed by atoms with Crippen LogP contribution in [0, 0.1) is 0 Å². The molecule has 0 aliphatic carbocycles. The van der Waals surface area contributed by atoms with Crippen molar-refractivity contribution in [3.05, 3.63) is 89.9 Å². The molecule has 16 nitrogen and oxygen atoms in total. The van der Waals surface area contributed by atoms with E-state index < -0.39 is 11.8 Å². The molecule has 1 saturated heterocycles. The summed E-state index contributed by atoms with van der Waals surface area (Å²) in [6, 6.07) is 17.4. The Hall–Kier alpha value is -5.23. The number of carbonyl (C=O) groups is 2. The molecule has 0 radical (unpaired) electrons. The highest BCUT2D eigenvalue weighted by molar-refractivity contribution is 5.84. The van der Waals surface area contributed by atoms with E-state index in [1.165, 1.54) is 9.80 Å². The molecule has 2 aromatic heterocycles. The lowest BCUT2D eigenvalue weighted by Crippen LogP contribution is -2.60. The molecule has 0 bridgehead atoms. The van der Waals surface area contributed by atoms with Gasteiger partial charge in [0, 0.05) is 62.4 Å². The molecule has 16 heteroatoms. The number of benzene rings is 2. The van der Waals surface area contributed by atoms with Gasteiger partial charge in [0.15, 0.2) is 5.82 Å². The van der Waals surface area contributed by atoms with Gasteiger partial charge in [0.2, 0.25) is 12.3 Å². The van der Waals surface area contributed by atoms with Crippen molar-refractivity contribution in [2.24, 2.45) is 0 Å². The molecule has 3 aliphatic heterocycles. The third-order valence-electron chi connectivity index (χ3n) is 9.47. The lowest BCUT2D eigenvalue weighted by atomic mass is 9.98. The standard InChI is InChI=1S/C22H29N5O5.C16H18N4O2.C2H6/c1-32-19-8-11-26(14-19)22(30,31)21(29)25-9-6-17(7-10-25)16-2-4-18(5-3-16)20-23-15-27(24-20)12-13-28;1-10(2)22-15-6-3-11(8-17-15)16-13-7-12(18-9-21)4-5-14(13)19-20-16;1-2/h2-6,15,19,28,30-31H,7-14H2,1H3;3-10,16,19-20H,1-2H3,(H,18,21);1-2H3/t19-;;/m0../s1.